The van der Waals surface area contributed by atoms with Crippen LogP contribution in [0, 0.1) is 0 Å². The van der Waals surface area contributed by atoms with Crippen molar-refractivity contribution in [3.63, 3.8) is 0 Å². The Labute approximate surface area is 166 Å². The number of rotatable bonds is 6. The van der Waals surface area contributed by atoms with Gasteiger partial charge in [-0.1, -0.05) is 18.2 Å². The summed E-state index contributed by atoms with van der Waals surface area (Å²) in [5.74, 6) is 0.898. The highest BCUT2D eigenvalue weighted by Gasteiger charge is 2.15. The molecule has 0 aliphatic rings. The number of carbonyl (C=O) groups excluding carboxylic acids is 1. The first-order valence-electron chi connectivity index (χ1n) is 9.23. The molecule has 4 rings (SSSR count). The second-order valence-corrected chi connectivity index (χ2v) is 6.32. The molecule has 0 saturated heterocycles. The molecule has 0 aliphatic heterocycles. The molecule has 2 heterocycles. The Kier molecular flexibility index (Phi) is 5.11. The Bertz CT molecular complexity index is 1190. The molecule has 0 amide bonds. The number of aryl methyl sites for hydroxylation is 1. The molecule has 0 fully saturated rings. The molecule has 0 unspecified atom stereocenters. The van der Waals surface area contributed by atoms with Gasteiger partial charge in [-0.05, 0) is 49.4 Å². The highest BCUT2D eigenvalue weighted by Crippen LogP contribution is 2.22. The number of hydrogen-bond donors (Lipinski definition) is 0. The van der Waals surface area contributed by atoms with Crippen LogP contribution >= 0.6 is 0 Å². The fourth-order valence-electron chi connectivity index (χ4n) is 3.13. The van der Waals surface area contributed by atoms with Gasteiger partial charge in [0.2, 0.25) is 5.88 Å². The van der Waals surface area contributed by atoms with Crippen LogP contribution in [0.15, 0.2) is 77.7 Å². The highest BCUT2D eigenvalue weighted by molar-refractivity contribution is 5.79. The van der Waals surface area contributed by atoms with E-state index in [1.54, 1.807) is 47.2 Å². The average molecular weight is 389 g/mol. The van der Waals surface area contributed by atoms with Crippen molar-refractivity contribution in [3.05, 3.63) is 83.4 Å². The lowest BCUT2D eigenvalue weighted by Gasteiger charge is -2.07. The van der Waals surface area contributed by atoms with Gasteiger partial charge in [0.25, 0.3) is 0 Å². The molecule has 7 heteroatoms. The number of para-hydroxylation sites is 2. The minimum absolute atomic E-state index is 0.168. The van der Waals surface area contributed by atoms with Crippen LogP contribution in [0.5, 0.6) is 17.4 Å². The normalized spacial score (nSPS) is 10.8. The van der Waals surface area contributed by atoms with Crippen LogP contribution in [0.1, 0.15) is 6.92 Å². The van der Waals surface area contributed by atoms with Crippen LogP contribution in [-0.2, 0) is 17.9 Å². The molecule has 4 aromatic rings. The summed E-state index contributed by atoms with van der Waals surface area (Å²) in [7, 11) is 0. The van der Waals surface area contributed by atoms with Crippen LogP contribution in [0.25, 0.3) is 11.0 Å². The number of ether oxygens (including phenoxy) is 2. The molecule has 7 nitrogen and oxygen atoms in total. The molecule has 0 spiro atoms. The van der Waals surface area contributed by atoms with E-state index < -0.39 is 5.97 Å². The number of nitrogens with zero attached hydrogens (tertiary/aromatic N) is 3. The molecule has 0 atom stereocenters. The van der Waals surface area contributed by atoms with Crippen molar-refractivity contribution in [2.75, 3.05) is 0 Å². The first kappa shape index (κ1) is 18.5. The van der Waals surface area contributed by atoms with Gasteiger partial charge in [-0.3, -0.25) is 9.13 Å². The topological polar surface area (TPSA) is 75.4 Å². The van der Waals surface area contributed by atoms with E-state index in [2.05, 4.69) is 4.98 Å². The predicted octanol–water partition coefficient (Wildman–Crippen LogP) is 3.62. The van der Waals surface area contributed by atoms with Gasteiger partial charge >= 0.3 is 11.7 Å². The summed E-state index contributed by atoms with van der Waals surface area (Å²) in [6.45, 7) is 2.25. The van der Waals surface area contributed by atoms with E-state index in [9.17, 15) is 9.59 Å². The van der Waals surface area contributed by atoms with E-state index in [1.807, 2.05) is 37.3 Å². The van der Waals surface area contributed by atoms with Crippen molar-refractivity contribution in [1.29, 1.82) is 0 Å². The maximum atomic E-state index is 12.6. The zero-order valence-corrected chi connectivity index (χ0v) is 15.8. The fraction of sp³-hybridized carbons (Fsp3) is 0.136. The van der Waals surface area contributed by atoms with Crippen LogP contribution < -0.4 is 15.2 Å². The molecule has 0 bridgehead atoms. The molecule has 2 aromatic heterocycles. The van der Waals surface area contributed by atoms with Crippen LogP contribution in [0.4, 0.5) is 0 Å². The van der Waals surface area contributed by atoms with Gasteiger partial charge in [0.1, 0.15) is 18.0 Å². The van der Waals surface area contributed by atoms with Gasteiger partial charge in [0.15, 0.2) is 0 Å². The standard InChI is InChI=1S/C22H19N3O4/c1-2-24-18-7-3-4-8-19(18)25(22(24)27)15-21(26)29-17-12-10-16(11-13-17)28-20-9-5-6-14-23-20/h3-14H,2,15H2,1H3. The van der Waals surface area contributed by atoms with Crippen LogP contribution in [-0.4, -0.2) is 20.1 Å². The Balaban J connectivity index is 1.47. The summed E-state index contributed by atoms with van der Waals surface area (Å²) in [5, 5.41) is 0. The number of aromatic nitrogens is 3. The Morgan fingerprint density at radius 3 is 2.21 bits per heavy atom. The lowest BCUT2D eigenvalue weighted by molar-refractivity contribution is -0.135. The first-order chi connectivity index (χ1) is 14.2. The maximum absolute atomic E-state index is 12.6. The van der Waals surface area contributed by atoms with Crippen molar-refractivity contribution in [2.24, 2.45) is 0 Å². The minimum Gasteiger partial charge on any atom is -0.439 e. The van der Waals surface area contributed by atoms with Gasteiger partial charge in [-0.15, -0.1) is 0 Å². The van der Waals surface area contributed by atoms with Crippen LogP contribution in [0.2, 0.25) is 0 Å². The van der Waals surface area contributed by atoms with Gasteiger partial charge in [-0.25, -0.2) is 14.6 Å². The second kappa shape index (κ2) is 8.02. The summed E-state index contributed by atoms with van der Waals surface area (Å²) in [6.07, 6.45) is 1.64. The minimum atomic E-state index is -0.524. The van der Waals surface area contributed by atoms with E-state index in [0.717, 1.165) is 5.52 Å². The monoisotopic (exact) mass is 389 g/mol. The van der Waals surface area contributed by atoms with Gasteiger partial charge in [0.05, 0.1) is 11.0 Å². The number of pyridine rings is 1. The zero-order chi connectivity index (χ0) is 20.2. The van der Waals surface area contributed by atoms with Crippen molar-refractivity contribution in [2.45, 2.75) is 20.0 Å². The summed E-state index contributed by atoms with van der Waals surface area (Å²) in [6, 6.07) is 19.4. The predicted molar refractivity (Wildman–Crippen MR) is 108 cm³/mol. The maximum Gasteiger partial charge on any atom is 0.331 e. The molecular formula is C22H19N3O4. The molecule has 146 valence electrons. The quantitative estimate of drug-likeness (QED) is 0.372. The second-order valence-electron chi connectivity index (χ2n) is 6.32. The van der Waals surface area contributed by atoms with E-state index in [4.69, 9.17) is 9.47 Å². The lowest BCUT2D eigenvalue weighted by atomic mass is 10.3. The van der Waals surface area contributed by atoms with E-state index in [1.165, 1.54) is 4.57 Å². The molecule has 29 heavy (non-hydrogen) atoms. The van der Waals surface area contributed by atoms with E-state index >= 15 is 0 Å². The first-order valence-corrected chi connectivity index (χ1v) is 9.23. The third-order valence-corrected chi connectivity index (χ3v) is 4.44. The van der Waals surface area contributed by atoms with Crippen molar-refractivity contribution in [3.8, 4) is 17.4 Å². The Morgan fingerprint density at radius 2 is 1.55 bits per heavy atom. The summed E-state index contributed by atoms with van der Waals surface area (Å²) >= 11 is 0. The molecule has 0 radical (unpaired) electrons. The zero-order valence-electron chi connectivity index (χ0n) is 15.8. The summed E-state index contributed by atoms with van der Waals surface area (Å²) < 4.78 is 14.1. The third kappa shape index (κ3) is 3.89. The van der Waals surface area contributed by atoms with Crippen LogP contribution in [0.3, 0.4) is 0 Å². The van der Waals surface area contributed by atoms with Crippen molar-refractivity contribution in [1.82, 2.24) is 14.1 Å². The number of hydrogen-bond acceptors (Lipinski definition) is 5. The summed E-state index contributed by atoms with van der Waals surface area (Å²) in [4.78, 5) is 29.1. The Hall–Kier alpha value is -3.87. The highest BCUT2D eigenvalue weighted by atomic mass is 16.5. The molecule has 0 aliphatic carbocycles. The molecule has 2 aromatic carbocycles. The lowest BCUT2D eigenvalue weighted by Crippen LogP contribution is -2.28. The third-order valence-electron chi connectivity index (χ3n) is 4.44. The summed E-state index contributed by atoms with van der Waals surface area (Å²) in [5.41, 5.74) is 1.27. The largest absolute Gasteiger partial charge is 0.439 e. The number of imidazole rings is 1. The van der Waals surface area contributed by atoms with Crippen molar-refractivity contribution >= 4 is 17.0 Å². The molecular weight excluding hydrogens is 370 g/mol. The van der Waals surface area contributed by atoms with Gasteiger partial charge in [-0.2, -0.15) is 0 Å². The van der Waals surface area contributed by atoms with Gasteiger partial charge < -0.3 is 9.47 Å². The number of carbonyl (C=O) groups is 1. The number of esters is 1. The average Bonchev–Trinajstić information content (AvgIpc) is 3.01. The number of benzene rings is 2. The Morgan fingerprint density at radius 1 is 0.897 bits per heavy atom. The van der Waals surface area contributed by atoms with E-state index in [0.29, 0.717) is 29.4 Å². The fourth-order valence-corrected chi connectivity index (χ4v) is 3.13. The molecule has 0 saturated carbocycles. The molecule has 0 N–H and O–H groups in total. The SMILES string of the molecule is CCn1c(=O)n(CC(=O)Oc2ccc(Oc3ccccn3)cc2)c2ccccc21. The van der Waals surface area contributed by atoms with E-state index in [-0.39, 0.29) is 12.2 Å². The van der Waals surface area contributed by atoms with Crippen molar-refractivity contribution < 1.29 is 14.3 Å². The smallest absolute Gasteiger partial charge is 0.331 e. The van der Waals surface area contributed by atoms with Gasteiger partial charge in [0, 0.05) is 18.8 Å². The number of fused-ring (bicyclic) bond motifs is 1.